The monoisotopic (exact) mass is 226 g/mol. The number of carbonyl (C=O) groups excluding carboxylic acids is 1. The van der Waals surface area contributed by atoms with Gasteiger partial charge in [-0.25, -0.2) is 0 Å². The van der Waals surface area contributed by atoms with Gasteiger partial charge in [-0.3, -0.25) is 4.79 Å². The number of rotatable bonds is 4. The molecule has 3 atom stereocenters. The van der Waals surface area contributed by atoms with Crippen molar-refractivity contribution in [1.82, 2.24) is 5.32 Å². The van der Waals surface area contributed by atoms with Gasteiger partial charge < -0.3 is 11.1 Å². The lowest BCUT2D eigenvalue weighted by molar-refractivity contribution is -0.124. The van der Waals surface area contributed by atoms with Crippen LogP contribution in [0.3, 0.4) is 0 Å². The Morgan fingerprint density at radius 3 is 2.56 bits per heavy atom. The lowest BCUT2D eigenvalue weighted by atomic mass is 9.85. The lowest BCUT2D eigenvalue weighted by Gasteiger charge is -2.30. The van der Waals surface area contributed by atoms with Crippen LogP contribution in [0.2, 0.25) is 0 Å². The first-order valence-electron chi connectivity index (χ1n) is 6.56. The number of nitrogens with two attached hydrogens (primary N) is 1. The van der Waals surface area contributed by atoms with Gasteiger partial charge in [0.2, 0.25) is 5.91 Å². The van der Waals surface area contributed by atoms with Crippen LogP contribution < -0.4 is 11.1 Å². The quantitative estimate of drug-likeness (QED) is 0.771. The van der Waals surface area contributed by atoms with Crippen LogP contribution in [-0.4, -0.2) is 18.0 Å². The molecule has 0 spiro atoms. The molecule has 1 fully saturated rings. The fourth-order valence-electron chi connectivity index (χ4n) is 2.44. The van der Waals surface area contributed by atoms with Crippen molar-refractivity contribution in [2.24, 2.45) is 17.6 Å². The van der Waals surface area contributed by atoms with E-state index in [0.29, 0.717) is 17.9 Å². The Balaban J connectivity index is 2.37. The zero-order chi connectivity index (χ0) is 12.1. The summed E-state index contributed by atoms with van der Waals surface area (Å²) >= 11 is 0. The molecule has 1 rings (SSSR count). The van der Waals surface area contributed by atoms with E-state index in [4.69, 9.17) is 5.73 Å². The van der Waals surface area contributed by atoms with Crippen molar-refractivity contribution < 1.29 is 4.79 Å². The molecule has 1 saturated carbocycles. The largest absolute Gasteiger partial charge is 0.352 e. The molecule has 2 unspecified atom stereocenters. The van der Waals surface area contributed by atoms with Crippen LogP contribution >= 0.6 is 0 Å². The Morgan fingerprint density at radius 1 is 1.38 bits per heavy atom. The van der Waals surface area contributed by atoms with Gasteiger partial charge in [0.1, 0.15) is 0 Å². The van der Waals surface area contributed by atoms with Crippen LogP contribution in [0.25, 0.3) is 0 Å². The molecule has 1 aliphatic rings. The first kappa shape index (κ1) is 13.5. The second-order valence-corrected chi connectivity index (χ2v) is 5.61. The maximum Gasteiger partial charge on any atom is 0.237 e. The smallest absolute Gasteiger partial charge is 0.237 e. The summed E-state index contributed by atoms with van der Waals surface area (Å²) in [7, 11) is 0. The van der Waals surface area contributed by atoms with E-state index in [2.05, 4.69) is 26.1 Å². The maximum atomic E-state index is 11.9. The highest BCUT2D eigenvalue weighted by Crippen LogP contribution is 2.23. The topological polar surface area (TPSA) is 55.1 Å². The zero-order valence-electron chi connectivity index (χ0n) is 10.8. The summed E-state index contributed by atoms with van der Waals surface area (Å²) in [6.45, 7) is 6.41. The van der Waals surface area contributed by atoms with Crippen LogP contribution in [0.4, 0.5) is 0 Å². The highest BCUT2D eigenvalue weighted by atomic mass is 16.2. The van der Waals surface area contributed by atoms with Crippen molar-refractivity contribution in [3.05, 3.63) is 0 Å². The third-order valence-electron chi connectivity index (χ3n) is 3.50. The van der Waals surface area contributed by atoms with Gasteiger partial charge in [0, 0.05) is 6.04 Å². The molecule has 0 aromatic rings. The van der Waals surface area contributed by atoms with Gasteiger partial charge in [-0.05, 0) is 31.1 Å². The van der Waals surface area contributed by atoms with Crippen LogP contribution in [0.1, 0.15) is 52.9 Å². The van der Waals surface area contributed by atoms with Gasteiger partial charge in [-0.1, -0.05) is 33.6 Å². The number of nitrogens with one attached hydrogen (secondary N) is 1. The number of carbonyl (C=O) groups is 1. The van der Waals surface area contributed by atoms with E-state index in [9.17, 15) is 4.79 Å². The summed E-state index contributed by atoms with van der Waals surface area (Å²) in [5, 5.41) is 3.11. The zero-order valence-corrected chi connectivity index (χ0v) is 10.8. The third kappa shape index (κ3) is 4.12. The molecule has 0 aromatic heterocycles. The maximum absolute atomic E-state index is 11.9. The molecule has 0 aliphatic heterocycles. The predicted octanol–water partition coefficient (Wildman–Crippen LogP) is 2.05. The van der Waals surface area contributed by atoms with Gasteiger partial charge in [0.25, 0.3) is 0 Å². The molecule has 1 aliphatic carbocycles. The van der Waals surface area contributed by atoms with E-state index >= 15 is 0 Å². The number of hydrogen-bond donors (Lipinski definition) is 2. The second-order valence-electron chi connectivity index (χ2n) is 5.61. The van der Waals surface area contributed by atoms with E-state index in [0.717, 1.165) is 12.8 Å². The molecule has 94 valence electrons. The van der Waals surface area contributed by atoms with E-state index < -0.39 is 0 Å². The minimum Gasteiger partial charge on any atom is -0.352 e. The number of hydrogen-bond acceptors (Lipinski definition) is 2. The molecule has 0 saturated heterocycles. The fourth-order valence-corrected chi connectivity index (χ4v) is 2.44. The molecule has 3 heteroatoms. The van der Waals surface area contributed by atoms with E-state index in [1.807, 2.05) is 0 Å². The molecule has 16 heavy (non-hydrogen) atoms. The van der Waals surface area contributed by atoms with E-state index in [-0.39, 0.29) is 11.9 Å². The van der Waals surface area contributed by atoms with Crippen LogP contribution in [0.15, 0.2) is 0 Å². The molecule has 0 heterocycles. The highest BCUT2D eigenvalue weighted by molar-refractivity contribution is 5.81. The summed E-state index contributed by atoms with van der Waals surface area (Å²) in [6, 6.07) is 0.00795. The van der Waals surface area contributed by atoms with E-state index in [1.54, 1.807) is 0 Å². The van der Waals surface area contributed by atoms with Gasteiger partial charge in [0.15, 0.2) is 0 Å². The lowest BCUT2D eigenvalue weighted by Crippen LogP contribution is -2.48. The van der Waals surface area contributed by atoms with Crippen molar-refractivity contribution in [2.45, 2.75) is 65.0 Å². The molecule has 3 N–H and O–H groups in total. The van der Waals surface area contributed by atoms with Crippen LogP contribution in [-0.2, 0) is 4.79 Å². The SMILES string of the molecule is CC(C)C[C@H](N)C(=O)NC1CCCCC1C. The molecule has 0 aromatic carbocycles. The third-order valence-corrected chi connectivity index (χ3v) is 3.50. The van der Waals surface area contributed by atoms with E-state index in [1.165, 1.54) is 19.3 Å². The van der Waals surface area contributed by atoms with Gasteiger partial charge in [-0.2, -0.15) is 0 Å². The summed E-state index contributed by atoms with van der Waals surface area (Å²) in [4.78, 5) is 11.9. The summed E-state index contributed by atoms with van der Waals surface area (Å²) in [5.74, 6) is 1.11. The summed E-state index contributed by atoms with van der Waals surface area (Å²) < 4.78 is 0. The average molecular weight is 226 g/mol. The van der Waals surface area contributed by atoms with Gasteiger partial charge in [0.05, 0.1) is 6.04 Å². The summed E-state index contributed by atoms with van der Waals surface area (Å²) in [5.41, 5.74) is 5.87. The Bertz CT molecular complexity index is 228. The van der Waals surface area contributed by atoms with Gasteiger partial charge in [-0.15, -0.1) is 0 Å². The molecular weight excluding hydrogens is 200 g/mol. The van der Waals surface area contributed by atoms with Crippen molar-refractivity contribution in [3.63, 3.8) is 0 Å². The minimum absolute atomic E-state index is 0.0347. The first-order chi connectivity index (χ1) is 7.50. The fraction of sp³-hybridized carbons (Fsp3) is 0.923. The molecule has 0 bridgehead atoms. The highest BCUT2D eigenvalue weighted by Gasteiger charge is 2.25. The standard InChI is InChI=1S/C13H26N2O/c1-9(2)8-11(14)13(16)15-12-7-5-4-6-10(12)3/h9-12H,4-8,14H2,1-3H3,(H,15,16)/t10?,11-,12?/m0/s1. The normalized spacial score (nSPS) is 27.8. The molecule has 0 radical (unpaired) electrons. The predicted molar refractivity (Wildman–Crippen MR) is 67.0 cm³/mol. The summed E-state index contributed by atoms with van der Waals surface area (Å²) in [6.07, 6.45) is 5.64. The Labute approximate surface area is 99.2 Å². The first-order valence-corrected chi connectivity index (χ1v) is 6.56. The van der Waals surface area contributed by atoms with Crippen molar-refractivity contribution >= 4 is 5.91 Å². The van der Waals surface area contributed by atoms with Gasteiger partial charge >= 0.3 is 0 Å². The van der Waals surface area contributed by atoms with Crippen LogP contribution in [0.5, 0.6) is 0 Å². The average Bonchev–Trinajstić information content (AvgIpc) is 2.20. The van der Waals surface area contributed by atoms with Crippen molar-refractivity contribution in [1.29, 1.82) is 0 Å². The van der Waals surface area contributed by atoms with Crippen molar-refractivity contribution in [2.75, 3.05) is 0 Å². The van der Waals surface area contributed by atoms with Crippen LogP contribution in [0, 0.1) is 11.8 Å². The Kier molecular flexibility index (Phi) is 5.26. The Hall–Kier alpha value is -0.570. The number of amides is 1. The Morgan fingerprint density at radius 2 is 2.00 bits per heavy atom. The molecule has 3 nitrogen and oxygen atoms in total. The van der Waals surface area contributed by atoms with Crippen molar-refractivity contribution in [3.8, 4) is 0 Å². The second kappa shape index (κ2) is 6.24. The molecule has 1 amide bonds. The minimum atomic E-state index is -0.339. The molecular formula is C13H26N2O.